The van der Waals surface area contributed by atoms with E-state index in [1.165, 1.54) is 5.56 Å². The zero-order chi connectivity index (χ0) is 17.3. The van der Waals surface area contributed by atoms with E-state index in [9.17, 15) is 4.79 Å². The van der Waals surface area contributed by atoms with Crippen molar-refractivity contribution in [2.24, 2.45) is 5.92 Å². The average Bonchev–Trinajstić information content (AvgIpc) is 3.12. The highest BCUT2D eigenvalue weighted by Crippen LogP contribution is 2.25. The van der Waals surface area contributed by atoms with Crippen molar-refractivity contribution >= 4 is 5.97 Å². The van der Waals surface area contributed by atoms with Crippen LogP contribution in [0.25, 0.3) is 0 Å². The van der Waals surface area contributed by atoms with Crippen molar-refractivity contribution in [1.29, 1.82) is 0 Å². The number of carbonyl (C=O) groups excluding carboxylic acids is 1. The molecule has 0 aliphatic carbocycles. The first-order valence-electron chi connectivity index (χ1n) is 8.78. The third-order valence-corrected chi connectivity index (χ3v) is 4.48. The van der Waals surface area contributed by atoms with Gasteiger partial charge in [-0.25, -0.2) is 4.79 Å². The molecule has 1 saturated heterocycles. The molecule has 1 heterocycles. The summed E-state index contributed by atoms with van der Waals surface area (Å²) in [7, 11) is 0. The van der Waals surface area contributed by atoms with Gasteiger partial charge in [0, 0.05) is 13.2 Å². The van der Waals surface area contributed by atoms with Crippen LogP contribution in [0.15, 0.2) is 60.7 Å². The lowest BCUT2D eigenvalue weighted by molar-refractivity contribution is 0.00128. The molecule has 2 aromatic carbocycles. The summed E-state index contributed by atoms with van der Waals surface area (Å²) in [5.41, 5.74) is 1.75. The minimum absolute atomic E-state index is 0.0343. The summed E-state index contributed by atoms with van der Waals surface area (Å²) in [6.45, 7) is 2.34. The molecule has 2 aromatic rings. The van der Waals surface area contributed by atoms with Crippen molar-refractivity contribution in [3.63, 3.8) is 0 Å². The number of hydrogen-bond acceptors (Lipinski definition) is 4. The van der Waals surface area contributed by atoms with Crippen LogP contribution in [0, 0.1) is 5.92 Å². The third-order valence-electron chi connectivity index (χ3n) is 4.48. The zero-order valence-corrected chi connectivity index (χ0v) is 14.3. The lowest BCUT2D eigenvalue weighted by Gasteiger charge is -2.18. The predicted molar refractivity (Wildman–Crippen MR) is 95.3 cm³/mol. The van der Waals surface area contributed by atoms with E-state index in [0.717, 1.165) is 19.4 Å². The van der Waals surface area contributed by atoms with E-state index in [1.807, 2.05) is 36.4 Å². The fraction of sp³-hybridized carbons (Fsp3) is 0.381. The molecule has 0 aromatic heterocycles. The molecular weight excluding hydrogens is 316 g/mol. The fourth-order valence-corrected chi connectivity index (χ4v) is 3.02. The van der Waals surface area contributed by atoms with Crippen LogP contribution in [0.4, 0.5) is 0 Å². The fourth-order valence-electron chi connectivity index (χ4n) is 3.02. The summed E-state index contributed by atoms with van der Waals surface area (Å²) < 4.78 is 16.9. The van der Waals surface area contributed by atoms with Crippen LogP contribution in [0.1, 0.15) is 28.8 Å². The standard InChI is InChI=1S/C21H24O4/c22-21(19-9-5-2-6-10-19)25-16-20-18(12-14-24-20)11-13-23-15-17-7-3-1-4-8-17/h1-10,18,20H,11-16H2/t18-,20-/m1/s1. The second kappa shape index (κ2) is 9.35. The van der Waals surface area contributed by atoms with E-state index in [2.05, 4.69) is 12.1 Å². The Balaban J connectivity index is 1.38. The predicted octanol–water partition coefficient (Wildman–Crippen LogP) is 3.86. The van der Waals surface area contributed by atoms with Gasteiger partial charge >= 0.3 is 5.97 Å². The number of benzene rings is 2. The Kier molecular flexibility index (Phi) is 6.60. The monoisotopic (exact) mass is 340 g/mol. The van der Waals surface area contributed by atoms with Gasteiger partial charge in [0.1, 0.15) is 6.61 Å². The maximum absolute atomic E-state index is 12.0. The molecule has 0 bridgehead atoms. The molecule has 2 atom stereocenters. The van der Waals surface area contributed by atoms with Crippen LogP contribution in [0.5, 0.6) is 0 Å². The highest BCUT2D eigenvalue weighted by molar-refractivity contribution is 5.89. The Morgan fingerprint density at radius 3 is 2.52 bits per heavy atom. The van der Waals surface area contributed by atoms with Crippen LogP contribution in [0.3, 0.4) is 0 Å². The minimum atomic E-state index is -0.296. The SMILES string of the molecule is O=C(OC[C@H]1OCC[C@H]1CCOCc1ccccc1)c1ccccc1. The first kappa shape index (κ1) is 17.6. The molecular formula is C21H24O4. The van der Waals surface area contributed by atoms with E-state index in [4.69, 9.17) is 14.2 Å². The Labute approximate surface area is 148 Å². The minimum Gasteiger partial charge on any atom is -0.459 e. The summed E-state index contributed by atoms with van der Waals surface area (Å²) in [6, 6.07) is 19.2. The second-order valence-corrected chi connectivity index (χ2v) is 6.25. The lowest BCUT2D eigenvalue weighted by atomic mass is 9.98. The molecule has 25 heavy (non-hydrogen) atoms. The molecule has 4 nitrogen and oxygen atoms in total. The molecule has 132 valence electrons. The van der Waals surface area contributed by atoms with Crippen LogP contribution in [0.2, 0.25) is 0 Å². The molecule has 0 saturated carbocycles. The number of carbonyl (C=O) groups is 1. The highest BCUT2D eigenvalue weighted by Gasteiger charge is 2.29. The maximum atomic E-state index is 12.0. The van der Waals surface area contributed by atoms with Crippen LogP contribution < -0.4 is 0 Å². The lowest BCUT2D eigenvalue weighted by Crippen LogP contribution is -2.25. The van der Waals surface area contributed by atoms with E-state index < -0.39 is 0 Å². The van der Waals surface area contributed by atoms with Crippen molar-refractivity contribution in [2.75, 3.05) is 19.8 Å². The van der Waals surface area contributed by atoms with Gasteiger partial charge in [0.25, 0.3) is 0 Å². The molecule has 0 unspecified atom stereocenters. The van der Waals surface area contributed by atoms with E-state index in [0.29, 0.717) is 31.3 Å². The Hall–Kier alpha value is -2.17. The summed E-state index contributed by atoms with van der Waals surface area (Å²) in [5, 5.41) is 0. The van der Waals surface area contributed by atoms with Gasteiger partial charge in [-0.3, -0.25) is 0 Å². The normalized spacial score (nSPS) is 19.7. The molecule has 0 spiro atoms. The summed E-state index contributed by atoms with van der Waals surface area (Å²) in [6.07, 6.45) is 1.87. The molecule has 0 amide bonds. The largest absolute Gasteiger partial charge is 0.459 e. The zero-order valence-electron chi connectivity index (χ0n) is 14.3. The van der Waals surface area contributed by atoms with Gasteiger partial charge in [-0.2, -0.15) is 0 Å². The number of ether oxygens (including phenoxy) is 3. The van der Waals surface area contributed by atoms with Gasteiger partial charge in [-0.15, -0.1) is 0 Å². The first-order chi connectivity index (χ1) is 12.3. The summed E-state index contributed by atoms with van der Waals surface area (Å²) in [4.78, 5) is 12.0. The maximum Gasteiger partial charge on any atom is 0.338 e. The van der Waals surface area contributed by atoms with Crippen LogP contribution in [-0.4, -0.2) is 31.9 Å². The molecule has 0 radical (unpaired) electrons. The van der Waals surface area contributed by atoms with E-state index in [1.54, 1.807) is 12.1 Å². The second-order valence-electron chi connectivity index (χ2n) is 6.25. The van der Waals surface area contributed by atoms with Crippen molar-refractivity contribution in [3.8, 4) is 0 Å². The van der Waals surface area contributed by atoms with Crippen LogP contribution >= 0.6 is 0 Å². The van der Waals surface area contributed by atoms with Crippen LogP contribution in [-0.2, 0) is 20.8 Å². The highest BCUT2D eigenvalue weighted by atomic mass is 16.6. The van der Waals surface area contributed by atoms with E-state index >= 15 is 0 Å². The smallest absolute Gasteiger partial charge is 0.338 e. The molecule has 1 aliphatic heterocycles. The van der Waals surface area contributed by atoms with Crippen molar-refractivity contribution in [1.82, 2.24) is 0 Å². The van der Waals surface area contributed by atoms with Crippen molar-refractivity contribution in [2.45, 2.75) is 25.6 Å². The van der Waals surface area contributed by atoms with Gasteiger partial charge in [-0.1, -0.05) is 48.5 Å². The molecule has 3 rings (SSSR count). The third kappa shape index (κ3) is 5.41. The van der Waals surface area contributed by atoms with Crippen molar-refractivity contribution in [3.05, 3.63) is 71.8 Å². The molecule has 1 aliphatic rings. The number of hydrogen-bond donors (Lipinski definition) is 0. The van der Waals surface area contributed by atoms with Crippen molar-refractivity contribution < 1.29 is 19.0 Å². The number of esters is 1. The average molecular weight is 340 g/mol. The van der Waals surface area contributed by atoms with Gasteiger partial charge in [0.05, 0.1) is 18.3 Å². The van der Waals surface area contributed by atoms with Gasteiger partial charge < -0.3 is 14.2 Å². The number of rotatable bonds is 8. The summed E-state index contributed by atoms with van der Waals surface area (Å²) >= 11 is 0. The Bertz CT molecular complexity index is 641. The van der Waals surface area contributed by atoms with Gasteiger partial charge in [-0.05, 0) is 36.5 Å². The Morgan fingerprint density at radius 1 is 1.04 bits per heavy atom. The summed E-state index contributed by atoms with van der Waals surface area (Å²) in [5.74, 6) is 0.0783. The topological polar surface area (TPSA) is 44.8 Å². The Morgan fingerprint density at radius 2 is 1.76 bits per heavy atom. The quantitative estimate of drug-likeness (QED) is 0.541. The molecule has 0 N–H and O–H groups in total. The van der Waals surface area contributed by atoms with Gasteiger partial charge in [0.2, 0.25) is 0 Å². The first-order valence-corrected chi connectivity index (χ1v) is 8.78. The van der Waals surface area contributed by atoms with Gasteiger partial charge in [0.15, 0.2) is 0 Å². The molecule has 1 fully saturated rings. The molecule has 4 heteroatoms. The van der Waals surface area contributed by atoms with E-state index in [-0.39, 0.29) is 12.1 Å².